The van der Waals surface area contributed by atoms with Crippen LogP contribution >= 0.6 is 11.3 Å². The van der Waals surface area contributed by atoms with Crippen LogP contribution in [0.5, 0.6) is 0 Å². The zero-order chi connectivity index (χ0) is 18.4. The summed E-state index contributed by atoms with van der Waals surface area (Å²) in [6, 6.07) is 20.4. The average Bonchev–Trinajstić information content (AvgIpc) is 3.07. The van der Waals surface area contributed by atoms with Crippen molar-refractivity contribution >= 4 is 23.0 Å². The number of hydrogen-bond acceptors (Lipinski definition) is 4. The van der Waals surface area contributed by atoms with Crippen molar-refractivity contribution in [2.45, 2.75) is 26.2 Å². The number of amides is 1. The molecule has 132 valence electrons. The van der Waals surface area contributed by atoms with E-state index in [0.29, 0.717) is 0 Å². The molecule has 1 heterocycles. The number of nitrogens with zero attached hydrogens (tertiary/aromatic N) is 2. The minimum absolute atomic E-state index is 0.000725. The number of rotatable bonds is 6. The summed E-state index contributed by atoms with van der Waals surface area (Å²) in [5, 5.41) is 7.24. The molecule has 0 aliphatic heterocycles. The number of carbonyl (C=O) groups excluding carboxylic acids is 1. The fourth-order valence-electron chi connectivity index (χ4n) is 2.87. The number of benzene rings is 2. The van der Waals surface area contributed by atoms with Gasteiger partial charge in [-0.2, -0.15) is 5.10 Å². The van der Waals surface area contributed by atoms with Gasteiger partial charge in [-0.25, -0.2) is 10.4 Å². The van der Waals surface area contributed by atoms with Crippen LogP contribution in [0.1, 0.15) is 34.7 Å². The molecule has 0 aliphatic carbocycles. The third-order valence-corrected chi connectivity index (χ3v) is 4.87. The van der Waals surface area contributed by atoms with Gasteiger partial charge in [-0.3, -0.25) is 4.79 Å². The van der Waals surface area contributed by atoms with Gasteiger partial charge < -0.3 is 0 Å². The van der Waals surface area contributed by atoms with Crippen molar-refractivity contribution in [3.63, 3.8) is 0 Å². The van der Waals surface area contributed by atoms with Crippen LogP contribution in [0.15, 0.2) is 71.1 Å². The molecule has 2 aromatic carbocycles. The topological polar surface area (TPSA) is 54.4 Å². The Hall–Kier alpha value is -2.79. The van der Waals surface area contributed by atoms with Crippen molar-refractivity contribution in [1.29, 1.82) is 0 Å². The van der Waals surface area contributed by atoms with Gasteiger partial charge in [0.1, 0.15) is 0 Å². The summed E-state index contributed by atoms with van der Waals surface area (Å²) in [6.45, 7) is 3.87. The van der Waals surface area contributed by atoms with E-state index in [1.54, 1.807) is 11.3 Å². The maximum atomic E-state index is 12.2. The largest absolute Gasteiger partial charge is 0.273 e. The second-order valence-electron chi connectivity index (χ2n) is 6.08. The molecule has 26 heavy (non-hydrogen) atoms. The maximum absolute atomic E-state index is 12.2. The first kappa shape index (κ1) is 18.0. The lowest BCUT2D eigenvalue weighted by Gasteiger charge is -2.18. The van der Waals surface area contributed by atoms with E-state index in [1.165, 1.54) is 0 Å². The van der Waals surface area contributed by atoms with E-state index in [1.807, 2.05) is 55.6 Å². The van der Waals surface area contributed by atoms with Crippen molar-refractivity contribution in [2.75, 3.05) is 0 Å². The Bertz CT molecular complexity index is 848. The fraction of sp³-hybridized carbons (Fsp3) is 0.190. The van der Waals surface area contributed by atoms with Gasteiger partial charge in [-0.1, -0.05) is 60.7 Å². The van der Waals surface area contributed by atoms with E-state index < -0.39 is 0 Å². The minimum atomic E-state index is -0.158. The van der Waals surface area contributed by atoms with Crippen molar-refractivity contribution in [3.05, 3.63) is 87.9 Å². The highest BCUT2D eigenvalue weighted by Crippen LogP contribution is 2.26. The van der Waals surface area contributed by atoms with Crippen molar-refractivity contribution in [1.82, 2.24) is 10.4 Å². The van der Waals surface area contributed by atoms with E-state index in [4.69, 9.17) is 0 Å². The molecule has 0 radical (unpaired) electrons. The Kier molecular flexibility index (Phi) is 5.92. The van der Waals surface area contributed by atoms with Crippen LogP contribution in [-0.2, 0) is 11.2 Å². The van der Waals surface area contributed by atoms with E-state index in [0.717, 1.165) is 27.5 Å². The molecule has 5 heteroatoms. The number of hydrazone groups is 1. The summed E-state index contributed by atoms with van der Waals surface area (Å²) >= 11 is 1.54. The molecule has 0 fully saturated rings. The average molecular weight is 363 g/mol. The summed E-state index contributed by atoms with van der Waals surface area (Å²) < 4.78 is 0. The first-order valence-corrected chi connectivity index (χ1v) is 9.35. The van der Waals surface area contributed by atoms with Gasteiger partial charge in [0.25, 0.3) is 0 Å². The highest BCUT2D eigenvalue weighted by atomic mass is 32.1. The number of aryl methyl sites for hydroxylation is 1. The molecular weight excluding hydrogens is 342 g/mol. The van der Waals surface area contributed by atoms with Crippen molar-refractivity contribution in [3.8, 4) is 0 Å². The summed E-state index contributed by atoms with van der Waals surface area (Å²) in [4.78, 5) is 16.5. The lowest BCUT2D eigenvalue weighted by atomic mass is 9.88. The first-order chi connectivity index (χ1) is 12.6. The molecule has 1 aromatic heterocycles. The summed E-state index contributed by atoms with van der Waals surface area (Å²) in [5.74, 6) is -0.159. The molecule has 1 amide bonds. The molecule has 0 saturated carbocycles. The van der Waals surface area contributed by atoms with Gasteiger partial charge in [-0.05, 0) is 25.0 Å². The normalized spacial score (nSPS) is 11.6. The van der Waals surface area contributed by atoms with Crippen LogP contribution in [0.25, 0.3) is 0 Å². The van der Waals surface area contributed by atoms with Crippen molar-refractivity contribution < 1.29 is 4.79 Å². The monoisotopic (exact) mass is 363 g/mol. The molecule has 1 N–H and O–H groups in total. The van der Waals surface area contributed by atoms with E-state index >= 15 is 0 Å². The van der Waals surface area contributed by atoms with Gasteiger partial charge in [-0.15, -0.1) is 11.3 Å². The standard InChI is InChI=1S/C21H21N3OS/c1-15(23-24-20(25)13-19-14-26-16(2)22-19)21(17-9-5-3-6-10-17)18-11-7-4-8-12-18/h3-12,14,21H,13H2,1-2H3,(H,24,25)/b23-15-. The number of carbonyl (C=O) groups is 1. The highest BCUT2D eigenvalue weighted by molar-refractivity contribution is 7.09. The van der Waals surface area contributed by atoms with E-state index in [-0.39, 0.29) is 18.2 Å². The second-order valence-corrected chi connectivity index (χ2v) is 7.14. The predicted molar refractivity (Wildman–Crippen MR) is 107 cm³/mol. The zero-order valence-electron chi connectivity index (χ0n) is 14.8. The minimum Gasteiger partial charge on any atom is -0.273 e. The maximum Gasteiger partial charge on any atom is 0.246 e. The van der Waals surface area contributed by atoms with Crippen LogP contribution in [0.3, 0.4) is 0 Å². The summed E-state index contributed by atoms with van der Waals surface area (Å²) in [7, 11) is 0. The third kappa shape index (κ3) is 4.64. The van der Waals surface area contributed by atoms with Gasteiger partial charge in [0.15, 0.2) is 0 Å². The number of aromatic nitrogens is 1. The zero-order valence-corrected chi connectivity index (χ0v) is 15.7. The van der Waals surface area contributed by atoms with Crippen LogP contribution in [0.2, 0.25) is 0 Å². The second kappa shape index (κ2) is 8.54. The summed E-state index contributed by atoms with van der Waals surface area (Å²) in [5.41, 5.74) is 6.58. The van der Waals surface area contributed by atoms with Gasteiger partial charge >= 0.3 is 0 Å². The van der Waals surface area contributed by atoms with E-state index in [2.05, 4.69) is 39.8 Å². The first-order valence-electron chi connectivity index (χ1n) is 8.47. The summed E-state index contributed by atoms with van der Waals surface area (Å²) in [6.07, 6.45) is 0.239. The third-order valence-electron chi connectivity index (χ3n) is 4.05. The lowest BCUT2D eigenvalue weighted by molar-refractivity contribution is -0.120. The van der Waals surface area contributed by atoms with Crippen LogP contribution in [0.4, 0.5) is 0 Å². The van der Waals surface area contributed by atoms with Gasteiger partial charge in [0.05, 0.1) is 17.1 Å². The van der Waals surface area contributed by atoms with Gasteiger partial charge in [0.2, 0.25) is 5.91 Å². The van der Waals surface area contributed by atoms with Gasteiger partial charge in [0, 0.05) is 17.0 Å². The van der Waals surface area contributed by atoms with Crippen LogP contribution in [0, 0.1) is 6.92 Å². The fourth-order valence-corrected chi connectivity index (χ4v) is 3.49. The molecule has 0 spiro atoms. The highest BCUT2D eigenvalue weighted by Gasteiger charge is 2.17. The SMILES string of the molecule is C/C(=N/NC(=O)Cc1csc(C)n1)C(c1ccccc1)c1ccccc1. The number of nitrogens with one attached hydrogen (secondary N) is 1. The molecule has 3 aromatic rings. The van der Waals surface area contributed by atoms with Crippen LogP contribution in [-0.4, -0.2) is 16.6 Å². The Balaban J connectivity index is 1.77. The molecular formula is C21H21N3OS. The molecule has 0 aliphatic rings. The van der Waals surface area contributed by atoms with Crippen molar-refractivity contribution in [2.24, 2.45) is 5.10 Å². The quantitative estimate of drug-likeness (QED) is 0.524. The number of thiazole rings is 1. The molecule has 0 unspecified atom stereocenters. The molecule has 0 saturated heterocycles. The smallest absolute Gasteiger partial charge is 0.246 e. The van der Waals surface area contributed by atoms with E-state index in [9.17, 15) is 4.79 Å². The lowest BCUT2D eigenvalue weighted by Crippen LogP contribution is -2.23. The Labute approximate surface area is 157 Å². The number of hydrogen-bond donors (Lipinski definition) is 1. The molecule has 0 atom stereocenters. The Morgan fingerprint density at radius 2 is 1.65 bits per heavy atom. The Morgan fingerprint density at radius 1 is 1.08 bits per heavy atom. The molecule has 0 bridgehead atoms. The Morgan fingerprint density at radius 3 is 2.15 bits per heavy atom. The predicted octanol–water partition coefficient (Wildman–Crippen LogP) is 4.32. The molecule has 3 rings (SSSR count). The molecule has 4 nitrogen and oxygen atoms in total. The van der Waals surface area contributed by atoms with Crippen LogP contribution < -0.4 is 5.43 Å².